The van der Waals surface area contributed by atoms with Gasteiger partial charge < -0.3 is 25.0 Å². The van der Waals surface area contributed by atoms with E-state index in [0.717, 1.165) is 33.8 Å². The van der Waals surface area contributed by atoms with Gasteiger partial charge in [-0.05, 0) is 80.9 Å². The molecule has 4 rings (SSSR count). The number of phenolic OH excluding ortho intramolecular Hbond substituents is 3. The van der Waals surface area contributed by atoms with E-state index in [-0.39, 0.29) is 17.2 Å². The Kier molecular flexibility index (Phi) is 5.65. The molecule has 0 heterocycles. The Bertz CT molecular complexity index is 1210. The van der Waals surface area contributed by atoms with Crippen molar-refractivity contribution >= 4 is 17.1 Å². The highest BCUT2D eigenvalue weighted by Gasteiger charge is 2.19. The van der Waals surface area contributed by atoms with Gasteiger partial charge in [0.05, 0.1) is 11.4 Å². The van der Waals surface area contributed by atoms with Crippen LogP contribution >= 0.6 is 0 Å². The molecule has 0 atom stereocenters. The summed E-state index contributed by atoms with van der Waals surface area (Å²) in [6, 6.07) is 23.5. The van der Waals surface area contributed by atoms with E-state index < -0.39 is 0 Å². The third-order valence-electron chi connectivity index (χ3n) is 5.55. The zero-order valence-electron chi connectivity index (χ0n) is 18.2. The maximum absolute atomic E-state index is 10.3. The number of nitrogens with zero attached hydrogens (tertiary/aromatic N) is 1. The molecule has 5 heteroatoms. The summed E-state index contributed by atoms with van der Waals surface area (Å²) in [7, 11) is 0. The summed E-state index contributed by atoms with van der Waals surface area (Å²) in [4.78, 5) is 1.99. The van der Waals surface area contributed by atoms with Crippen molar-refractivity contribution in [3.05, 3.63) is 95.6 Å². The summed E-state index contributed by atoms with van der Waals surface area (Å²) in [6.07, 6.45) is 0. The highest BCUT2D eigenvalue weighted by molar-refractivity contribution is 5.82. The zero-order valence-corrected chi connectivity index (χ0v) is 18.2. The van der Waals surface area contributed by atoms with Crippen LogP contribution in [0.3, 0.4) is 0 Å². The smallest absolute Gasteiger partial charge is 0.131 e. The minimum atomic E-state index is 0.184. The Labute approximate surface area is 187 Å². The van der Waals surface area contributed by atoms with Gasteiger partial charge in [0.25, 0.3) is 0 Å². The van der Waals surface area contributed by atoms with Crippen molar-refractivity contribution in [3.63, 3.8) is 0 Å². The lowest BCUT2D eigenvalue weighted by atomic mass is 10.1. The van der Waals surface area contributed by atoms with Crippen LogP contribution in [0.4, 0.5) is 17.1 Å². The van der Waals surface area contributed by atoms with Gasteiger partial charge in [-0.15, -0.1) is 0 Å². The summed E-state index contributed by atoms with van der Waals surface area (Å²) >= 11 is 0. The topological polar surface area (TPSA) is 73.2 Å². The molecule has 0 aliphatic carbocycles. The maximum Gasteiger partial charge on any atom is 0.131 e. The Morgan fingerprint density at radius 1 is 0.594 bits per heavy atom. The predicted molar refractivity (Wildman–Crippen MR) is 127 cm³/mol. The molecule has 0 fully saturated rings. The lowest BCUT2D eigenvalue weighted by Crippen LogP contribution is -2.12. The Morgan fingerprint density at radius 3 is 1.66 bits per heavy atom. The van der Waals surface area contributed by atoms with Gasteiger partial charge in [-0.3, -0.25) is 0 Å². The second-order valence-electron chi connectivity index (χ2n) is 7.72. The second kappa shape index (κ2) is 8.55. The molecule has 0 aliphatic rings. The van der Waals surface area contributed by atoms with Crippen molar-refractivity contribution in [2.75, 3.05) is 4.90 Å². The molecule has 0 unspecified atom stereocenters. The molecule has 0 spiro atoms. The summed E-state index contributed by atoms with van der Waals surface area (Å²) in [6.45, 7) is 5.55. The molecule has 0 bridgehead atoms. The van der Waals surface area contributed by atoms with Crippen molar-refractivity contribution < 1.29 is 20.1 Å². The van der Waals surface area contributed by atoms with E-state index in [1.54, 1.807) is 36.4 Å². The van der Waals surface area contributed by atoms with Gasteiger partial charge in [0.1, 0.15) is 28.7 Å². The van der Waals surface area contributed by atoms with Gasteiger partial charge in [-0.2, -0.15) is 0 Å². The van der Waals surface area contributed by atoms with E-state index >= 15 is 0 Å². The van der Waals surface area contributed by atoms with E-state index in [1.165, 1.54) is 0 Å². The molecule has 0 saturated carbocycles. The highest BCUT2D eigenvalue weighted by atomic mass is 16.5. The standard InChI is InChI=1S/C27H25NO4/c1-17-10-13-22(16-27(17)31)32-21-14-11-20(12-15-21)28(23-6-4-8-25(29)18(23)2)24-7-5-9-26(30)19(24)3/h4-16,29-31H,1-3H3. The molecule has 4 aromatic carbocycles. The van der Waals surface area contributed by atoms with Crippen LogP contribution in [-0.4, -0.2) is 15.3 Å². The first-order valence-electron chi connectivity index (χ1n) is 10.3. The number of aryl methyl sites for hydroxylation is 1. The molecule has 162 valence electrons. The molecule has 0 amide bonds. The normalized spacial score (nSPS) is 10.7. The van der Waals surface area contributed by atoms with Crippen molar-refractivity contribution in [2.24, 2.45) is 0 Å². The van der Waals surface area contributed by atoms with Gasteiger partial charge in [-0.1, -0.05) is 18.2 Å². The highest BCUT2D eigenvalue weighted by Crippen LogP contribution is 2.42. The fourth-order valence-electron chi connectivity index (χ4n) is 3.57. The third-order valence-corrected chi connectivity index (χ3v) is 5.55. The van der Waals surface area contributed by atoms with Crippen molar-refractivity contribution in [1.29, 1.82) is 0 Å². The Balaban J connectivity index is 1.75. The number of hydrogen-bond acceptors (Lipinski definition) is 5. The minimum Gasteiger partial charge on any atom is -0.508 e. The largest absolute Gasteiger partial charge is 0.508 e. The first-order valence-corrected chi connectivity index (χ1v) is 10.3. The van der Waals surface area contributed by atoms with Crippen molar-refractivity contribution in [3.8, 4) is 28.7 Å². The lowest BCUT2D eigenvalue weighted by Gasteiger charge is -2.29. The van der Waals surface area contributed by atoms with E-state index in [2.05, 4.69) is 0 Å². The number of ether oxygens (including phenoxy) is 1. The second-order valence-corrected chi connectivity index (χ2v) is 7.72. The van der Waals surface area contributed by atoms with Crippen LogP contribution in [0.2, 0.25) is 0 Å². The molecule has 0 saturated heterocycles. The summed E-state index contributed by atoms with van der Waals surface area (Å²) < 4.78 is 5.89. The van der Waals surface area contributed by atoms with Crippen LogP contribution in [0.5, 0.6) is 28.7 Å². The van der Waals surface area contributed by atoms with Crippen LogP contribution in [0.1, 0.15) is 16.7 Å². The van der Waals surface area contributed by atoms with Gasteiger partial charge in [-0.25, -0.2) is 0 Å². The van der Waals surface area contributed by atoms with E-state index in [4.69, 9.17) is 4.74 Å². The van der Waals surface area contributed by atoms with Crippen LogP contribution < -0.4 is 9.64 Å². The van der Waals surface area contributed by atoms with Crippen LogP contribution in [0.25, 0.3) is 0 Å². The number of phenols is 3. The first-order chi connectivity index (χ1) is 15.3. The molecular weight excluding hydrogens is 402 g/mol. The average molecular weight is 428 g/mol. The SMILES string of the molecule is Cc1ccc(Oc2ccc(N(c3cccc(O)c3C)c3cccc(O)c3C)cc2)cc1O. The molecule has 0 radical (unpaired) electrons. The maximum atomic E-state index is 10.3. The van der Waals surface area contributed by atoms with Crippen molar-refractivity contribution in [1.82, 2.24) is 0 Å². The van der Waals surface area contributed by atoms with E-state index in [1.807, 2.05) is 68.1 Å². The average Bonchev–Trinajstić information content (AvgIpc) is 2.78. The van der Waals surface area contributed by atoms with Crippen molar-refractivity contribution in [2.45, 2.75) is 20.8 Å². The van der Waals surface area contributed by atoms with E-state index in [9.17, 15) is 15.3 Å². The Morgan fingerprint density at radius 2 is 1.12 bits per heavy atom. The number of benzene rings is 4. The summed E-state index contributed by atoms with van der Waals surface area (Å²) in [5, 5.41) is 30.5. The monoisotopic (exact) mass is 427 g/mol. The minimum absolute atomic E-state index is 0.184. The quantitative estimate of drug-likeness (QED) is 0.320. The number of anilines is 3. The fourth-order valence-corrected chi connectivity index (χ4v) is 3.57. The number of rotatable bonds is 5. The van der Waals surface area contributed by atoms with Crippen LogP contribution in [0.15, 0.2) is 78.9 Å². The lowest BCUT2D eigenvalue weighted by molar-refractivity contribution is 0.452. The fraction of sp³-hybridized carbons (Fsp3) is 0.111. The molecule has 0 aliphatic heterocycles. The summed E-state index contributed by atoms with van der Waals surface area (Å²) in [5.74, 6) is 1.75. The molecule has 3 N–H and O–H groups in total. The van der Waals surface area contributed by atoms with Gasteiger partial charge in [0.15, 0.2) is 0 Å². The zero-order chi connectivity index (χ0) is 22.8. The van der Waals surface area contributed by atoms with Gasteiger partial charge in [0, 0.05) is 22.9 Å². The van der Waals surface area contributed by atoms with E-state index in [0.29, 0.717) is 11.5 Å². The van der Waals surface area contributed by atoms with Gasteiger partial charge in [0.2, 0.25) is 0 Å². The third kappa shape index (κ3) is 4.05. The molecular formula is C27H25NO4. The first kappa shape index (κ1) is 21.1. The van der Waals surface area contributed by atoms with Crippen LogP contribution in [-0.2, 0) is 0 Å². The number of aromatic hydroxyl groups is 3. The van der Waals surface area contributed by atoms with Crippen LogP contribution in [0, 0.1) is 20.8 Å². The Hall–Kier alpha value is -4.12. The molecule has 32 heavy (non-hydrogen) atoms. The predicted octanol–water partition coefficient (Wildman–Crippen LogP) is 6.99. The molecule has 5 nitrogen and oxygen atoms in total. The summed E-state index contributed by atoms with van der Waals surface area (Å²) in [5.41, 5.74) is 4.68. The molecule has 0 aromatic heterocycles. The van der Waals surface area contributed by atoms with Gasteiger partial charge >= 0.3 is 0 Å². The number of hydrogen-bond donors (Lipinski definition) is 3. The molecule has 4 aromatic rings.